The largest absolute Gasteiger partial charge is 0.472 e. The SMILES string of the molecule is CC(=O)OC[C@]12[C@H](OC(C)=O)[C@H](OC(=O)c3ccoc3)C3OC(=O)[C@](C)(O)CCc4ncccc4C(=O)OC[C@@]4(C)O[C@@]1(C(OC(C)=O)[C@@H]4[C@H](OC(C)=O)[C@@H]2OC(C)=O)[C@]3(C)O. The van der Waals surface area contributed by atoms with Crippen LogP contribution in [-0.4, -0.2) is 135 Å². The van der Waals surface area contributed by atoms with Crippen LogP contribution in [0.4, 0.5) is 0 Å². The standard InChI is InChI=1S/C41H47NO20/c1-19(43)54-18-40-32(58-22(4)46)28(56-20(2)44)27-30(57-21(3)45)41(40)39(8,52)31(29(33(40)59-23(5)47)60-34(48)24-12-15-53-16-24)61-36(50)37(6,51)13-11-26-25(10-9-14-42-26)35(49)55-17-38(27,7)62-41/h9-10,12,14-16,27-33,51-52H,11,13,17-18H2,1-8H3/t27-,28-,29+,30?,31?,32-,33+,37+,38+,39+,40-,41-/m0/s1. The van der Waals surface area contributed by atoms with E-state index in [-0.39, 0.29) is 23.2 Å². The molecule has 4 heterocycles. The second-order valence-corrected chi connectivity index (χ2v) is 16.4. The molecule has 2 saturated carbocycles. The Kier molecular flexibility index (Phi) is 12.1. The number of esters is 8. The molecule has 2 aromatic rings. The second kappa shape index (κ2) is 16.4. The molecule has 0 aromatic carbocycles. The van der Waals surface area contributed by atoms with E-state index >= 15 is 0 Å². The molecular weight excluding hydrogens is 826 g/mol. The van der Waals surface area contributed by atoms with Crippen LogP contribution >= 0.6 is 0 Å². The van der Waals surface area contributed by atoms with Gasteiger partial charge in [0, 0.05) is 40.8 Å². The van der Waals surface area contributed by atoms with Gasteiger partial charge < -0.3 is 57.3 Å². The molecule has 2 aliphatic heterocycles. The number of aromatic nitrogens is 1. The molecule has 62 heavy (non-hydrogen) atoms. The van der Waals surface area contributed by atoms with Crippen molar-refractivity contribution in [2.75, 3.05) is 13.2 Å². The van der Waals surface area contributed by atoms with Crippen molar-refractivity contribution in [1.82, 2.24) is 4.98 Å². The Hall–Kier alpha value is -5.93. The molecule has 3 fully saturated rings. The Morgan fingerprint density at radius 2 is 1.42 bits per heavy atom. The van der Waals surface area contributed by atoms with Crippen LogP contribution in [0.2, 0.25) is 0 Å². The van der Waals surface area contributed by atoms with E-state index < -0.39 is 138 Å². The van der Waals surface area contributed by atoms with Crippen molar-refractivity contribution in [3.8, 4) is 0 Å². The third kappa shape index (κ3) is 7.54. The van der Waals surface area contributed by atoms with Crippen LogP contribution in [0.3, 0.4) is 0 Å². The fourth-order valence-corrected chi connectivity index (χ4v) is 9.53. The van der Waals surface area contributed by atoms with Crippen LogP contribution < -0.4 is 0 Å². The van der Waals surface area contributed by atoms with Gasteiger partial charge >= 0.3 is 47.8 Å². The van der Waals surface area contributed by atoms with Gasteiger partial charge in [-0.3, -0.25) is 29.0 Å². The minimum Gasteiger partial charge on any atom is -0.472 e. The first-order chi connectivity index (χ1) is 28.9. The van der Waals surface area contributed by atoms with Crippen LogP contribution in [0.1, 0.15) is 88.2 Å². The minimum atomic E-state index is -3.00. The topological polar surface area (TPSA) is 286 Å². The summed E-state index contributed by atoms with van der Waals surface area (Å²) < 4.78 is 59.6. The van der Waals surface area contributed by atoms with E-state index in [1.54, 1.807) is 0 Å². The number of nitrogens with zero attached hydrogens (tertiary/aromatic N) is 1. The first-order valence-corrected chi connectivity index (χ1v) is 19.5. The van der Waals surface area contributed by atoms with E-state index in [1.165, 1.54) is 31.3 Å². The number of rotatable bonds is 8. The molecule has 2 aliphatic carbocycles. The average Bonchev–Trinajstić information content (AvgIpc) is 3.79. The molecule has 4 aliphatic rings. The molecule has 2 unspecified atom stereocenters. The van der Waals surface area contributed by atoms with Gasteiger partial charge in [0.25, 0.3) is 0 Å². The predicted molar refractivity (Wildman–Crippen MR) is 199 cm³/mol. The molecule has 21 heteroatoms. The van der Waals surface area contributed by atoms with Gasteiger partial charge in [0.15, 0.2) is 35.6 Å². The Bertz CT molecular complexity index is 2150. The number of carbonyl (C=O) groups excluding carboxylic acids is 8. The van der Waals surface area contributed by atoms with Gasteiger partial charge in [-0.2, -0.15) is 0 Å². The maximum absolute atomic E-state index is 14.4. The van der Waals surface area contributed by atoms with Crippen LogP contribution in [0, 0.1) is 11.3 Å². The number of cyclic esters (lactones) is 1. The summed E-state index contributed by atoms with van der Waals surface area (Å²) in [4.78, 5) is 113. The van der Waals surface area contributed by atoms with Crippen molar-refractivity contribution in [3.63, 3.8) is 0 Å². The normalized spacial score (nSPS) is 36.3. The lowest BCUT2D eigenvalue weighted by molar-refractivity contribution is -0.386. The molecule has 1 spiro atoms. The molecular formula is C41H47NO20. The van der Waals surface area contributed by atoms with Gasteiger partial charge in [-0.15, -0.1) is 0 Å². The first-order valence-electron chi connectivity index (χ1n) is 19.5. The van der Waals surface area contributed by atoms with Crippen molar-refractivity contribution in [3.05, 3.63) is 53.7 Å². The molecule has 12 atom stereocenters. The summed E-state index contributed by atoms with van der Waals surface area (Å²) >= 11 is 0. The van der Waals surface area contributed by atoms with E-state index in [9.17, 15) is 48.6 Å². The molecule has 4 bridgehead atoms. The number of pyridine rings is 1. The number of furan rings is 1. The van der Waals surface area contributed by atoms with Crippen LogP contribution in [0.5, 0.6) is 0 Å². The van der Waals surface area contributed by atoms with Gasteiger partial charge in [0.05, 0.1) is 29.0 Å². The number of hydrogen-bond acceptors (Lipinski definition) is 21. The molecule has 2 aromatic heterocycles. The maximum atomic E-state index is 14.4. The summed E-state index contributed by atoms with van der Waals surface area (Å²) in [6, 6.07) is 3.99. The predicted octanol–water partition coefficient (Wildman–Crippen LogP) is 0.864. The number of fused-ring (bicyclic) bond motifs is 5. The van der Waals surface area contributed by atoms with Crippen molar-refractivity contribution in [2.24, 2.45) is 11.3 Å². The van der Waals surface area contributed by atoms with E-state index in [0.717, 1.165) is 61.0 Å². The maximum Gasteiger partial charge on any atom is 0.341 e. The highest BCUT2D eigenvalue weighted by atomic mass is 16.7. The summed E-state index contributed by atoms with van der Waals surface area (Å²) in [5.41, 5.74) is -13.5. The summed E-state index contributed by atoms with van der Waals surface area (Å²) in [6.45, 7) is 6.25. The van der Waals surface area contributed by atoms with E-state index in [2.05, 4.69) is 4.98 Å². The van der Waals surface area contributed by atoms with Gasteiger partial charge in [-0.05, 0) is 51.8 Å². The van der Waals surface area contributed by atoms with Gasteiger partial charge in [-0.25, -0.2) is 14.4 Å². The zero-order valence-corrected chi connectivity index (χ0v) is 35.0. The average molecular weight is 874 g/mol. The van der Waals surface area contributed by atoms with Crippen molar-refractivity contribution < 1.29 is 95.6 Å². The summed E-state index contributed by atoms with van der Waals surface area (Å²) in [5.74, 6) is -10.7. The number of carbonyl (C=O) groups is 8. The third-order valence-corrected chi connectivity index (χ3v) is 11.9. The highest BCUT2D eigenvalue weighted by molar-refractivity contribution is 5.91. The lowest BCUT2D eigenvalue weighted by atomic mass is 9.45. The van der Waals surface area contributed by atoms with Crippen LogP contribution in [0.15, 0.2) is 41.3 Å². The second-order valence-electron chi connectivity index (χ2n) is 16.4. The Morgan fingerprint density at radius 3 is 2.00 bits per heavy atom. The Labute approximate surface area is 353 Å². The highest BCUT2D eigenvalue weighted by Gasteiger charge is 2.92. The minimum absolute atomic E-state index is 0.0776. The smallest absolute Gasteiger partial charge is 0.341 e. The molecule has 6 rings (SSSR count). The summed E-state index contributed by atoms with van der Waals surface area (Å²) in [5, 5.41) is 25.3. The quantitative estimate of drug-likeness (QED) is 0.275. The first kappa shape index (κ1) is 45.6. The fourth-order valence-electron chi connectivity index (χ4n) is 9.53. The molecule has 1 saturated heterocycles. The molecule has 0 radical (unpaired) electrons. The van der Waals surface area contributed by atoms with Crippen LogP contribution in [0.25, 0.3) is 0 Å². The molecule has 0 amide bonds. The number of aryl methyl sites for hydroxylation is 1. The van der Waals surface area contributed by atoms with Gasteiger partial charge in [0.1, 0.15) is 48.3 Å². The number of aliphatic hydroxyl groups is 2. The van der Waals surface area contributed by atoms with E-state index in [1.807, 2.05) is 0 Å². The zero-order valence-electron chi connectivity index (χ0n) is 35.0. The summed E-state index contributed by atoms with van der Waals surface area (Å²) in [7, 11) is 0. The zero-order chi connectivity index (χ0) is 45.7. The Balaban J connectivity index is 1.79. The van der Waals surface area contributed by atoms with Crippen LogP contribution in [-0.2, 0) is 77.8 Å². The Morgan fingerprint density at radius 1 is 0.806 bits per heavy atom. The lowest BCUT2D eigenvalue weighted by Crippen LogP contribution is -2.89. The van der Waals surface area contributed by atoms with Gasteiger partial charge in [0.2, 0.25) is 0 Å². The van der Waals surface area contributed by atoms with Crippen molar-refractivity contribution in [2.45, 2.75) is 127 Å². The lowest BCUT2D eigenvalue weighted by Gasteiger charge is -2.67. The monoisotopic (exact) mass is 873 g/mol. The molecule has 336 valence electrons. The third-order valence-electron chi connectivity index (χ3n) is 11.9. The van der Waals surface area contributed by atoms with E-state index in [4.69, 9.17) is 47.0 Å². The molecule has 2 N–H and O–H groups in total. The highest BCUT2D eigenvalue weighted by Crippen LogP contribution is 2.70. The number of ether oxygens (including phenoxy) is 9. The van der Waals surface area contributed by atoms with Gasteiger partial charge in [-0.1, -0.05) is 0 Å². The number of hydrogen-bond donors (Lipinski definition) is 2. The van der Waals surface area contributed by atoms with Crippen molar-refractivity contribution in [1.29, 1.82) is 0 Å². The van der Waals surface area contributed by atoms with Crippen molar-refractivity contribution >= 4 is 47.8 Å². The fraction of sp³-hybridized carbons (Fsp3) is 0.585. The molecule has 21 nitrogen and oxygen atoms in total. The summed E-state index contributed by atoms with van der Waals surface area (Å²) in [6.07, 6.45) is -10.1. The van der Waals surface area contributed by atoms with E-state index in [0.29, 0.717) is 0 Å².